The van der Waals surface area contributed by atoms with Crippen molar-refractivity contribution < 1.29 is 26.7 Å². The van der Waals surface area contributed by atoms with Gasteiger partial charge < -0.3 is 15.0 Å². The molecule has 9 heteroatoms. The van der Waals surface area contributed by atoms with Crippen molar-refractivity contribution in [2.75, 3.05) is 37.6 Å². The molecule has 1 N–H and O–H groups in total. The average Bonchev–Trinajstić information content (AvgIpc) is 2.95. The van der Waals surface area contributed by atoms with Crippen molar-refractivity contribution in [3.05, 3.63) is 94.6 Å². The molecule has 0 amide bonds. The number of hydrogen-bond donors (Lipinski definition) is 1. The minimum atomic E-state index is -4.54. The molecular weight excluding hydrogens is 549 g/mol. The van der Waals surface area contributed by atoms with Crippen LogP contribution in [0.5, 0.6) is 5.75 Å². The number of benzene rings is 3. The van der Waals surface area contributed by atoms with Crippen LogP contribution >= 0.6 is 0 Å². The number of nitrogens with zero attached hydrogens (tertiary/aromatic N) is 2. The number of nitrogens with one attached hydrogen (secondary N) is 1. The van der Waals surface area contributed by atoms with Crippen molar-refractivity contribution in [3.63, 3.8) is 0 Å². The first kappa shape index (κ1) is 30.3. The van der Waals surface area contributed by atoms with E-state index < -0.39 is 36.4 Å². The molecule has 42 heavy (non-hydrogen) atoms. The van der Waals surface area contributed by atoms with Gasteiger partial charge in [-0.25, -0.2) is 8.78 Å². The predicted molar refractivity (Wildman–Crippen MR) is 155 cm³/mol. The third-order valence-electron chi connectivity index (χ3n) is 8.20. The molecule has 0 aromatic heterocycles. The highest BCUT2D eigenvalue weighted by Gasteiger charge is 2.42. The lowest BCUT2D eigenvalue weighted by molar-refractivity contribution is -0.155. The molecule has 2 aliphatic rings. The van der Waals surface area contributed by atoms with Crippen LogP contribution in [0, 0.1) is 11.6 Å². The van der Waals surface area contributed by atoms with E-state index in [1.54, 1.807) is 25.1 Å². The average molecular weight is 588 g/mol. The van der Waals surface area contributed by atoms with Gasteiger partial charge in [-0.1, -0.05) is 36.4 Å². The molecule has 3 aromatic carbocycles. The summed E-state index contributed by atoms with van der Waals surface area (Å²) in [5, 5.41) is 3.39. The number of fused-ring (bicyclic) bond motifs is 1. The summed E-state index contributed by atoms with van der Waals surface area (Å²) in [6, 6.07) is 15.5. The van der Waals surface area contributed by atoms with E-state index in [2.05, 4.69) is 5.32 Å². The van der Waals surface area contributed by atoms with Gasteiger partial charge >= 0.3 is 6.18 Å². The van der Waals surface area contributed by atoms with Gasteiger partial charge in [-0.15, -0.1) is 0 Å². The quantitative estimate of drug-likeness (QED) is 0.304. The minimum Gasteiger partial charge on any atom is -0.489 e. The molecule has 2 aliphatic heterocycles. The van der Waals surface area contributed by atoms with E-state index in [1.165, 1.54) is 17.0 Å². The van der Waals surface area contributed by atoms with Crippen LogP contribution in [0.4, 0.5) is 27.6 Å². The summed E-state index contributed by atoms with van der Waals surface area (Å²) in [5.74, 6) is -1.10. The maximum absolute atomic E-state index is 16.0. The number of rotatable bonds is 6. The number of anilines is 1. The van der Waals surface area contributed by atoms with Gasteiger partial charge in [-0.3, -0.25) is 4.90 Å². The second-order valence-corrected chi connectivity index (χ2v) is 11.4. The Labute approximate surface area is 244 Å². The van der Waals surface area contributed by atoms with Crippen molar-refractivity contribution in [2.24, 2.45) is 0 Å². The van der Waals surface area contributed by atoms with Crippen LogP contribution in [-0.4, -0.2) is 49.8 Å². The van der Waals surface area contributed by atoms with Crippen LogP contribution in [0.3, 0.4) is 0 Å². The highest BCUT2D eigenvalue weighted by Crippen LogP contribution is 2.43. The molecule has 1 fully saturated rings. The summed E-state index contributed by atoms with van der Waals surface area (Å²) in [5.41, 5.74) is 2.24. The number of hydrogen-bond acceptors (Lipinski definition) is 4. The molecule has 0 spiro atoms. The molecular formula is C33H38F5N3O. The van der Waals surface area contributed by atoms with E-state index in [1.807, 2.05) is 35.2 Å². The smallest absolute Gasteiger partial charge is 0.401 e. The Bertz CT molecular complexity index is 1300. The number of halogens is 5. The Morgan fingerprint density at radius 3 is 2.19 bits per heavy atom. The van der Waals surface area contributed by atoms with Crippen LogP contribution in [0.25, 0.3) is 0 Å². The fraction of sp³-hybridized carbons (Fsp3) is 0.455. The van der Waals surface area contributed by atoms with Crippen LogP contribution in [0.2, 0.25) is 0 Å². The zero-order valence-electron chi connectivity index (χ0n) is 23.9. The molecule has 2 heterocycles. The molecule has 0 radical (unpaired) electrons. The van der Waals surface area contributed by atoms with Crippen molar-refractivity contribution >= 4 is 5.69 Å². The van der Waals surface area contributed by atoms with E-state index in [9.17, 15) is 13.2 Å². The molecule has 3 aromatic rings. The Hall–Kier alpha value is -3.17. The van der Waals surface area contributed by atoms with E-state index in [0.29, 0.717) is 43.1 Å². The second-order valence-electron chi connectivity index (χ2n) is 11.4. The Morgan fingerprint density at radius 1 is 0.881 bits per heavy atom. The summed E-state index contributed by atoms with van der Waals surface area (Å²) in [7, 11) is 0. The molecule has 0 saturated carbocycles. The first-order valence-corrected chi connectivity index (χ1v) is 14.8. The normalized spacial score (nSPS) is 20.7. The first-order valence-electron chi connectivity index (χ1n) is 14.8. The van der Waals surface area contributed by atoms with Crippen LogP contribution < -0.4 is 15.0 Å². The SMILES string of the molecule is C[C@@H]1Cc2cc(OCc3ccccc3)ccc2C(c2c(F)cc(N3CCCCNCCCC3)cc2F)N1CC(F)(F)F. The van der Waals surface area contributed by atoms with E-state index in [-0.39, 0.29) is 5.56 Å². The summed E-state index contributed by atoms with van der Waals surface area (Å²) in [6.45, 7) is 3.86. The molecule has 5 rings (SSSR count). The predicted octanol–water partition coefficient (Wildman–Crippen LogP) is 7.41. The molecule has 2 atom stereocenters. The fourth-order valence-corrected chi connectivity index (χ4v) is 6.12. The van der Waals surface area contributed by atoms with Crippen molar-refractivity contribution in [1.29, 1.82) is 0 Å². The standard InChI is InChI=1S/C33H38F5N3O/c1-23-17-25-18-27(42-21-24-9-3-2-4-10-24)11-12-28(25)32(41(23)22-33(36,37)38)31-29(34)19-26(20-30(31)35)40-15-7-5-13-39-14-6-8-16-40/h2-4,9-12,18-20,23,32,39H,5-8,13-17,21-22H2,1H3/t23-,32?/m1/s1. The third kappa shape index (κ3) is 7.42. The highest BCUT2D eigenvalue weighted by atomic mass is 19.4. The zero-order chi connectivity index (χ0) is 29.7. The largest absolute Gasteiger partial charge is 0.489 e. The van der Waals surface area contributed by atoms with Gasteiger partial charge in [-0.05, 0) is 93.1 Å². The molecule has 4 nitrogen and oxygen atoms in total. The zero-order valence-corrected chi connectivity index (χ0v) is 23.9. The van der Waals surface area contributed by atoms with Gasteiger partial charge in [0.2, 0.25) is 0 Å². The molecule has 1 saturated heterocycles. The Kier molecular flexibility index (Phi) is 9.68. The van der Waals surface area contributed by atoms with Crippen LogP contribution in [0.1, 0.15) is 60.9 Å². The van der Waals surface area contributed by atoms with Gasteiger partial charge in [-0.2, -0.15) is 13.2 Å². The fourth-order valence-electron chi connectivity index (χ4n) is 6.12. The minimum absolute atomic E-state index is 0.300. The molecule has 226 valence electrons. The van der Waals surface area contributed by atoms with Crippen molar-refractivity contribution in [3.8, 4) is 5.75 Å². The van der Waals surface area contributed by atoms with Crippen molar-refractivity contribution in [2.45, 2.75) is 63.9 Å². The molecule has 0 aliphatic carbocycles. The summed E-state index contributed by atoms with van der Waals surface area (Å²) >= 11 is 0. The Balaban J connectivity index is 1.48. The van der Waals surface area contributed by atoms with Gasteiger partial charge in [0.05, 0.1) is 12.6 Å². The van der Waals surface area contributed by atoms with E-state index in [0.717, 1.165) is 49.9 Å². The topological polar surface area (TPSA) is 27.7 Å². The second kappa shape index (κ2) is 13.4. The maximum atomic E-state index is 16.0. The number of alkyl halides is 3. The van der Waals surface area contributed by atoms with Gasteiger partial charge in [0.1, 0.15) is 24.0 Å². The highest BCUT2D eigenvalue weighted by molar-refractivity contribution is 5.52. The van der Waals surface area contributed by atoms with Crippen LogP contribution in [0.15, 0.2) is 60.7 Å². The summed E-state index contributed by atoms with van der Waals surface area (Å²) < 4.78 is 79.3. The van der Waals surface area contributed by atoms with Crippen LogP contribution in [-0.2, 0) is 13.0 Å². The van der Waals surface area contributed by atoms with Gasteiger partial charge in [0.25, 0.3) is 0 Å². The third-order valence-corrected chi connectivity index (χ3v) is 8.20. The van der Waals surface area contributed by atoms with Crippen molar-refractivity contribution in [1.82, 2.24) is 10.2 Å². The number of ether oxygens (including phenoxy) is 1. The molecule has 1 unspecified atom stereocenters. The Morgan fingerprint density at radius 2 is 1.55 bits per heavy atom. The first-order chi connectivity index (χ1) is 20.2. The monoisotopic (exact) mass is 587 g/mol. The summed E-state index contributed by atoms with van der Waals surface area (Å²) in [6.07, 6.45) is -0.570. The summed E-state index contributed by atoms with van der Waals surface area (Å²) in [4.78, 5) is 3.16. The van der Waals surface area contributed by atoms with Gasteiger partial charge in [0.15, 0.2) is 0 Å². The molecule has 0 bridgehead atoms. The van der Waals surface area contributed by atoms with E-state index >= 15 is 8.78 Å². The van der Waals surface area contributed by atoms with E-state index in [4.69, 9.17) is 4.74 Å². The maximum Gasteiger partial charge on any atom is 0.401 e. The lowest BCUT2D eigenvalue weighted by Gasteiger charge is -2.42. The lowest BCUT2D eigenvalue weighted by atomic mass is 9.84. The lowest BCUT2D eigenvalue weighted by Crippen LogP contribution is -2.47. The van der Waals surface area contributed by atoms with Gasteiger partial charge in [0, 0.05) is 30.4 Å².